The molecule has 0 aliphatic heterocycles. The standard InChI is InChI=1S/C7H4Cl3Si/c8-5-2-1-4(3-11)6(9)7(5)10/h1-2H,3H2. The number of benzene rings is 1. The van der Waals surface area contributed by atoms with Crippen LogP contribution in [0.1, 0.15) is 5.56 Å². The molecule has 0 aliphatic rings. The van der Waals surface area contributed by atoms with Crippen LogP contribution in [0.3, 0.4) is 0 Å². The van der Waals surface area contributed by atoms with Crippen molar-refractivity contribution < 1.29 is 0 Å². The molecule has 57 valence electrons. The number of halogens is 3. The monoisotopic (exact) mass is 221 g/mol. The maximum atomic E-state index is 5.85. The summed E-state index contributed by atoms with van der Waals surface area (Å²) >= 11 is 17.3. The Morgan fingerprint density at radius 1 is 1.09 bits per heavy atom. The lowest BCUT2D eigenvalue weighted by Crippen LogP contribution is -1.85. The van der Waals surface area contributed by atoms with Gasteiger partial charge in [-0.15, -0.1) is 0 Å². The summed E-state index contributed by atoms with van der Waals surface area (Å²) < 4.78 is 0. The van der Waals surface area contributed by atoms with Crippen LogP contribution >= 0.6 is 34.8 Å². The molecule has 0 amide bonds. The highest BCUT2D eigenvalue weighted by Gasteiger charge is 2.05. The Balaban J connectivity index is 3.25. The van der Waals surface area contributed by atoms with E-state index in [2.05, 4.69) is 10.2 Å². The van der Waals surface area contributed by atoms with Crippen molar-refractivity contribution in [3.63, 3.8) is 0 Å². The summed E-state index contributed by atoms with van der Waals surface area (Å²) in [7, 11) is 3.33. The lowest BCUT2D eigenvalue weighted by atomic mass is 10.2. The van der Waals surface area contributed by atoms with Crippen molar-refractivity contribution in [1.29, 1.82) is 0 Å². The average Bonchev–Trinajstić information content (AvgIpc) is 2.01. The van der Waals surface area contributed by atoms with Crippen molar-refractivity contribution in [3.05, 3.63) is 32.8 Å². The zero-order valence-corrected chi connectivity index (χ0v) is 8.76. The predicted molar refractivity (Wildman–Crippen MR) is 50.9 cm³/mol. The Morgan fingerprint density at radius 2 is 1.73 bits per heavy atom. The minimum Gasteiger partial charge on any atom is -0.0827 e. The van der Waals surface area contributed by atoms with Gasteiger partial charge in [0, 0.05) is 10.2 Å². The van der Waals surface area contributed by atoms with Gasteiger partial charge in [-0.2, -0.15) is 0 Å². The molecule has 0 N–H and O–H groups in total. The minimum absolute atomic E-state index is 0.420. The van der Waals surface area contributed by atoms with E-state index < -0.39 is 0 Å². The van der Waals surface area contributed by atoms with Crippen LogP contribution in [-0.2, 0) is 6.04 Å². The first-order chi connectivity index (χ1) is 5.16. The molecule has 1 rings (SSSR count). The maximum Gasteiger partial charge on any atom is 0.0781 e. The summed E-state index contributed by atoms with van der Waals surface area (Å²) in [5.41, 5.74) is 0.942. The molecule has 1 aromatic rings. The molecule has 0 saturated heterocycles. The summed E-state index contributed by atoms with van der Waals surface area (Å²) in [5.74, 6) is 0. The van der Waals surface area contributed by atoms with Crippen molar-refractivity contribution >= 4 is 45.0 Å². The van der Waals surface area contributed by atoms with E-state index in [1.165, 1.54) is 0 Å². The largest absolute Gasteiger partial charge is 0.0827 e. The Hall–Kier alpha value is 0.307. The second kappa shape index (κ2) is 3.81. The molecule has 0 nitrogen and oxygen atoms in total. The fourth-order valence-corrected chi connectivity index (χ4v) is 1.73. The van der Waals surface area contributed by atoms with Gasteiger partial charge in [0.2, 0.25) is 0 Å². The summed E-state index contributed by atoms with van der Waals surface area (Å²) in [6, 6.07) is 4.24. The third-order valence-electron chi connectivity index (χ3n) is 1.31. The van der Waals surface area contributed by atoms with E-state index in [-0.39, 0.29) is 0 Å². The van der Waals surface area contributed by atoms with Gasteiger partial charge in [0.15, 0.2) is 0 Å². The summed E-state index contributed by atoms with van der Waals surface area (Å²) in [4.78, 5) is 0. The lowest BCUT2D eigenvalue weighted by Gasteiger charge is -2.03. The van der Waals surface area contributed by atoms with Crippen LogP contribution in [-0.4, -0.2) is 10.2 Å². The van der Waals surface area contributed by atoms with Crippen molar-refractivity contribution in [3.8, 4) is 0 Å². The molecule has 11 heavy (non-hydrogen) atoms. The van der Waals surface area contributed by atoms with Crippen molar-refractivity contribution in [1.82, 2.24) is 0 Å². The van der Waals surface area contributed by atoms with E-state index in [9.17, 15) is 0 Å². The van der Waals surface area contributed by atoms with Gasteiger partial charge in [-0.25, -0.2) is 0 Å². The summed E-state index contributed by atoms with van der Waals surface area (Å²) in [6.45, 7) is 0. The van der Waals surface area contributed by atoms with Crippen LogP contribution in [0.5, 0.6) is 0 Å². The van der Waals surface area contributed by atoms with Gasteiger partial charge in [-0.05, 0) is 17.7 Å². The lowest BCUT2D eigenvalue weighted by molar-refractivity contribution is 1.40. The van der Waals surface area contributed by atoms with E-state index in [1.807, 2.05) is 6.07 Å². The quantitative estimate of drug-likeness (QED) is 0.505. The van der Waals surface area contributed by atoms with Gasteiger partial charge in [0.25, 0.3) is 0 Å². The molecule has 0 heterocycles. The van der Waals surface area contributed by atoms with Crippen LogP contribution in [0.25, 0.3) is 0 Å². The second-order valence-corrected chi connectivity index (χ2v) is 3.53. The highest BCUT2D eigenvalue weighted by Crippen LogP contribution is 2.32. The smallest absolute Gasteiger partial charge is 0.0781 e. The number of hydrogen-bond donors (Lipinski definition) is 0. The van der Waals surface area contributed by atoms with E-state index in [4.69, 9.17) is 34.8 Å². The Labute approximate surface area is 83.9 Å². The fourth-order valence-electron chi connectivity index (χ4n) is 0.702. The Kier molecular flexibility index (Phi) is 3.25. The molecule has 1 aromatic carbocycles. The molecule has 4 heteroatoms. The zero-order valence-electron chi connectivity index (χ0n) is 5.50. The Bertz CT molecular complexity index is 273. The summed E-state index contributed by atoms with van der Waals surface area (Å²) in [5, 5.41) is 1.43. The Morgan fingerprint density at radius 3 is 2.27 bits per heavy atom. The van der Waals surface area contributed by atoms with Crippen molar-refractivity contribution in [2.24, 2.45) is 0 Å². The molecule has 3 radical (unpaired) electrons. The second-order valence-electron chi connectivity index (χ2n) is 2.01. The minimum atomic E-state index is 0.420. The summed E-state index contributed by atoms with van der Waals surface area (Å²) in [6.07, 6.45) is 0. The van der Waals surface area contributed by atoms with Crippen molar-refractivity contribution in [2.45, 2.75) is 6.04 Å². The van der Waals surface area contributed by atoms with Crippen LogP contribution in [0, 0.1) is 0 Å². The maximum absolute atomic E-state index is 5.85. The van der Waals surface area contributed by atoms with Crippen LogP contribution in [0.15, 0.2) is 12.1 Å². The van der Waals surface area contributed by atoms with E-state index in [1.54, 1.807) is 6.07 Å². The van der Waals surface area contributed by atoms with E-state index in [0.717, 1.165) is 5.56 Å². The molecule has 0 atom stereocenters. The number of hydrogen-bond acceptors (Lipinski definition) is 0. The van der Waals surface area contributed by atoms with Gasteiger partial charge < -0.3 is 0 Å². The molecule has 0 fully saturated rings. The number of rotatable bonds is 1. The highest BCUT2D eigenvalue weighted by atomic mass is 35.5. The first kappa shape index (κ1) is 9.40. The van der Waals surface area contributed by atoms with Crippen LogP contribution < -0.4 is 0 Å². The van der Waals surface area contributed by atoms with Gasteiger partial charge in [0.1, 0.15) is 0 Å². The topological polar surface area (TPSA) is 0 Å². The SMILES string of the molecule is [Si]Cc1ccc(Cl)c(Cl)c1Cl. The third-order valence-corrected chi connectivity index (χ3v) is 3.02. The molecule has 0 aromatic heterocycles. The molecular formula is C7H4Cl3Si. The first-order valence-electron chi connectivity index (χ1n) is 2.93. The molecular weight excluding hydrogens is 219 g/mol. The van der Waals surface area contributed by atoms with Gasteiger partial charge in [-0.1, -0.05) is 40.9 Å². The van der Waals surface area contributed by atoms with Crippen molar-refractivity contribution in [2.75, 3.05) is 0 Å². The van der Waals surface area contributed by atoms with Crippen LogP contribution in [0.4, 0.5) is 0 Å². The molecule has 0 spiro atoms. The van der Waals surface area contributed by atoms with Gasteiger partial charge in [0.05, 0.1) is 15.1 Å². The normalized spacial score (nSPS) is 10.2. The molecule has 0 unspecified atom stereocenters. The van der Waals surface area contributed by atoms with E-state index >= 15 is 0 Å². The zero-order chi connectivity index (χ0) is 8.43. The molecule has 0 aliphatic carbocycles. The highest BCUT2D eigenvalue weighted by molar-refractivity contribution is 6.48. The first-order valence-corrected chi connectivity index (χ1v) is 4.78. The average molecular weight is 223 g/mol. The van der Waals surface area contributed by atoms with Gasteiger partial charge in [-0.3, -0.25) is 0 Å². The van der Waals surface area contributed by atoms with Crippen LogP contribution in [0.2, 0.25) is 15.1 Å². The molecule has 0 saturated carbocycles. The van der Waals surface area contributed by atoms with E-state index in [0.29, 0.717) is 21.1 Å². The fraction of sp³-hybridized carbons (Fsp3) is 0.143. The third kappa shape index (κ3) is 1.91. The van der Waals surface area contributed by atoms with Gasteiger partial charge >= 0.3 is 0 Å². The molecule has 0 bridgehead atoms. The predicted octanol–water partition coefficient (Wildman–Crippen LogP) is 3.32.